The number of H-pyrrole nitrogens is 1. The van der Waals surface area contributed by atoms with E-state index >= 15 is 0 Å². The third-order valence-electron chi connectivity index (χ3n) is 3.20. The van der Waals surface area contributed by atoms with Gasteiger partial charge >= 0.3 is 0 Å². The van der Waals surface area contributed by atoms with Gasteiger partial charge in [0, 0.05) is 11.1 Å². The van der Waals surface area contributed by atoms with E-state index in [1.807, 2.05) is 6.07 Å². The van der Waals surface area contributed by atoms with Crippen LogP contribution >= 0.6 is 0 Å². The van der Waals surface area contributed by atoms with Crippen molar-refractivity contribution in [2.75, 3.05) is 0 Å². The van der Waals surface area contributed by atoms with Crippen molar-refractivity contribution in [2.45, 2.75) is 38.5 Å². The summed E-state index contributed by atoms with van der Waals surface area (Å²) in [4.78, 5) is 4.40. The molecule has 0 atom stereocenters. The highest BCUT2D eigenvalue weighted by Gasteiger charge is 2.43. The number of aromatic amines is 1. The Labute approximate surface area is 93.3 Å². The fourth-order valence-electron chi connectivity index (χ4n) is 1.64. The molecule has 0 aliphatic heterocycles. The highest BCUT2D eigenvalue weighted by molar-refractivity contribution is 5.47. The lowest BCUT2D eigenvalue weighted by atomic mass is 10.1. The SMILES string of the molecule is CCc1cc(-c2nc(C3(C)CC3)no2)n[nH]1. The number of hydrogen-bond acceptors (Lipinski definition) is 4. The van der Waals surface area contributed by atoms with Gasteiger partial charge in [-0.05, 0) is 25.3 Å². The first-order valence-corrected chi connectivity index (χ1v) is 5.60. The zero-order valence-electron chi connectivity index (χ0n) is 9.45. The fourth-order valence-corrected chi connectivity index (χ4v) is 1.64. The van der Waals surface area contributed by atoms with Gasteiger partial charge in [-0.2, -0.15) is 10.1 Å². The second-order valence-corrected chi connectivity index (χ2v) is 4.62. The summed E-state index contributed by atoms with van der Waals surface area (Å²) in [6, 6.07) is 1.95. The first kappa shape index (κ1) is 9.57. The molecule has 0 bridgehead atoms. The van der Waals surface area contributed by atoms with Crippen molar-refractivity contribution < 1.29 is 4.52 Å². The van der Waals surface area contributed by atoms with Crippen LogP contribution in [-0.4, -0.2) is 20.3 Å². The highest BCUT2D eigenvalue weighted by Crippen LogP contribution is 2.46. The molecule has 2 aromatic heterocycles. The Balaban J connectivity index is 1.92. The van der Waals surface area contributed by atoms with Crippen LogP contribution in [0.1, 0.15) is 38.2 Å². The van der Waals surface area contributed by atoms with Crippen molar-refractivity contribution in [3.63, 3.8) is 0 Å². The van der Waals surface area contributed by atoms with E-state index in [1.165, 1.54) is 0 Å². The van der Waals surface area contributed by atoms with Gasteiger partial charge in [0.1, 0.15) is 0 Å². The van der Waals surface area contributed by atoms with Crippen LogP contribution < -0.4 is 0 Å². The smallest absolute Gasteiger partial charge is 0.278 e. The van der Waals surface area contributed by atoms with E-state index in [-0.39, 0.29) is 5.41 Å². The van der Waals surface area contributed by atoms with Crippen LogP contribution in [0.4, 0.5) is 0 Å². The molecule has 0 spiro atoms. The Morgan fingerprint density at radius 3 is 2.94 bits per heavy atom. The average molecular weight is 218 g/mol. The molecule has 1 saturated carbocycles. The molecule has 5 heteroatoms. The minimum Gasteiger partial charge on any atom is -0.332 e. The van der Waals surface area contributed by atoms with Gasteiger partial charge in [0.15, 0.2) is 11.5 Å². The van der Waals surface area contributed by atoms with E-state index in [4.69, 9.17) is 4.52 Å². The van der Waals surface area contributed by atoms with Gasteiger partial charge in [0.25, 0.3) is 5.89 Å². The van der Waals surface area contributed by atoms with Crippen molar-refractivity contribution >= 4 is 0 Å². The Morgan fingerprint density at radius 1 is 1.50 bits per heavy atom. The van der Waals surface area contributed by atoms with Crippen LogP contribution in [0.5, 0.6) is 0 Å². The highest BCUT2D eigenvalue weighted by atomic mass is 16.5. The summed E-state index contributed by atoms with van der Waals surface area (Å²) >= 11 is 0. The van der Waals surface area contributed by atoms with Crippen LogP contribution in [0.2, 0.25) is 0 Å². The van der Waals surface area contributed by atoms with Crippen LogP contribution in [0.15, 0.2) is 10.6 Å². The summed E-state index contributed by atoms with van der Waals surface area (Å²) in [5.41, 5.74) is 1.96. The minimum absolute atomic E-state index is 0.144. The molecule has 0 aromatic carbocycles. The molecule has 0 unspecified atom stereocenters. The Bertz CT molecular complexity index is 510. The molecule has 1 N–H and O–H groups in total. The van der Waals surface area contributed by atoms with Gasteiger partial charge in [-0.3, -0.25) is 5.10 Å². The van der Waals surface area contributed by atoms with E-state index < -0.39 is 0 Å². The molecule has 1 aliphatic rings. The zero-order chi connectivity index (χ0) is 11.2. The van der Waals surface area contributed by atoms with Gasteiger partial charge in [-0.1, -0.05) is 19.0 Å². The maximum atomic E-state index is 5.23. The number of nitrogens with one attached hydrogen (secondary N) is 1. The maximum Gasteiger partial charge on any atom is 0.278 e. The number of aryl methyl sites for hydroxylation is 1. The number of aromatic nitrogens is 4. The van der Waals surface area contributed by atoms with E-state index in [0.717, 1.165) is 36.5 Å². The molecule has 1 fully saturated rings. The molecule has 5 nitrogen and oxygen atoms in total. The summed E-state index contributed by atoms with van der Waals surface area (Å²) in [6.45, 7) is 4.23. The molecule has 0 saturated heterocycles. The number of rotatable bonds is 3. The molecular formula is C11H14N4O. The topological polar surface area (TPSA) is 67.6 Å². The van der Waals surface area contributed by atoms with Crippen molar-refractivity contribution in [3.05, 3.63) is 17.6 Å². The van der Waals surface area contributed by atoms with E-state index in [1.54, 1.807) is 0 Å². The summed E-state index contributed by atoms with van der Waals surface area (Å²) in [6.07, 6.45) is 3.21. The monoisotopic (exact) mass is 218 g/mol. The lowest BCUT2D eigenvalue weighted by Gasteiger charge is -1.96. The Kier molecular flexibility index (Phi) is 1.89. The first-order chi connectivity index (χ1) is 7.71. The van der Waals surface area contributed by atoms with E-state index in [2.05, 4.69) is 34.2 Å². The summed E-state index contributed by atoms with van der Waals surface area (Å²) in [5.74, 6) is 1.32. The van der Waals surface area contributed by atoms with Crippen molar-refractivity contribution in [1.29, 1.82) is 0 Å². The predicted molar refractivity (Wildman–Crippen MR) is 57.8 cm³/mol. The van der Waals surface area contributed by atoms with Crippen molar-refractivity contribution in [3.8, 4) is 11.6 Å². The van der Waals surface area contributed by atoms with Gasteiger partial charge in [0.05, 0.1) is 0 Å². The van der Waals surface area contributed by atoms with Gasteiger partial charge < -0.3 is 4.52 Å². The van der Waals surface area contributed by atoms with Crippen LogP contribution in [0.25, 0.3) is 11.6 Å². The molecule has 3 rings (SSSR count). The van der Waals surface area contributed by atoms with E-state index in [0.29, 0.717) is 5.89 Å². The number of hydrogen-bond donors (Lipinski definition) is 1. The fraction of sp³-hybridized carbons (Fsp3) is 0.545. The molecule has 1 aliphatic carbocycles. The molecule has 0 amide bonds. The van der Waals surface area contributed by atoms with Crippen molar-refractivity contribution in [2.24, 2.45) is 0 Å². The molecule has 84 valence electrons. The standard InChI is InChI=1S/C11H14N4O/c1-3-7-6-8(14-13-7)9-12-10(15-16-9)11(2)4-5-11/h6H,3-5H2,1-2H3,(H,13,14). The summed E-state index contributed by atoms with van der Waals surface area (Å²) in [5, 5.41) is 11.1. The normalized spacial score (nSPS) is 17.6. The lowest BCUT2D eigenvalue weighted by molar-refractivity contribution is 0.414. The third-order valence-corrected chi connectivity index (χ3v) is 3.20. The Hall–Kier alpha value is -1.65. The molecule has 16 heavy (non-hydrogen) atoms. The Morgan fingerprint density at radius 2 is 2.31 bits per heavy atom. The van der Waals surface area contributed by atoms with Gasteiger partial charge in [-0.15, -0.1) is 0 Å². The minimum atomic E-state index is 0.144. The molecule has 2 heterocycles. The quantitative estimate of drug-likeness (QED) is 0.856. The molecular weight excluding hydrogens is 204 g/mol. The van der Waals surface area contributed by atoms with Crippen LogP contribution in [0, 0.1) is 0 Å². The maximum absolute atomic E-state index is 5.23. The molecule has 0 radical (unpaired) electrons. The first-order valence-electron chi connectivity index (χ1n) is 5.60. The van der Waals surface area contributed by atoms with Crippen LogP contribution in [-0.2, 0) is 11.8 Å². The van der Waals surface area contributed by atoms with Gasteiger partial charge in [0.2, 0.25) is 0 Å². The largest absolute Gasteiger partial charge is 0.332 e. The predicted octanol–water partition coefficient (Wildman–Crippen LogP) is 2.07. The lowest BCUT2D eigenvalue weighted by Crippen LogP contribution is -2.01. The average Bonchev–Trinajstić information content (AvgIpc) is 2.80. The number of nitrogens with zero attached hydrogens (tertiary/aromatic N) is 3. The van der Waals surface area contributed by atoms with Gasteiger partial charge in [-0.25, -0.2) is 0 Å². The summed E-state index contributed by atoms with van der Waals surface area (Å²) in [7, 11) is 0. The van der Waals surface area contributed by atoms with Crippen molar-refractivity contribution in [1.82, 2.24) is 20.3 Å². The third kappa shape index (κ3) is 1.43. The zero-order valence-corrected chi connectivity index (χ0v) is 9.45. The second kappa shape index (κ2) is 3.17. The van der Waals surface area contributed by atoms with E-state index in [9.17, 15) is 0 Å². The second-order valence-electron chi connectivity index (χ2n) is 4.62. The molecule has 2 aromatic rings. The van der Waals surface area contributed by atoms with Crippen LogP contribution in [0.3, 0.4) is 0 Å². The summed E-state index contributed by atoms with van der Waals surface area (Å²) < 4.78 is 5.23.